The highest BCUT2D eigenvalue weighted by Gasteiger charge is 2.35. The molecule has 0 saturated carbocycles. The van der Waals surface area contributed by atoms with Crippen LogP contribution in [0.25, 0.3) is 0 Å². The van der Waals surface area contributed by atoms with Gasteiger partial charge in [-0.2, -0.15) is 0 Å². The quantitative estimate of drug-likeness (QED) is 0.903. The summed E-state index contributed by atoms with van der Waals surface area (Å²) in [5, 5.41) is 2.95. The molecule has 0 heterocycles. The number of Topliss-reactive ketones (excluding diaryl/α,β-unsaturated/α-hetero) is 1. The molecule has 0 saturated heterocycles. The summed E-state index contributed by atoms with van der Waals surface area (Å²) in [6, 6.07) is 5.67. The van der Waals surface area contributed by atoms with Crippen molar-refractivity contribution in [1.82, 2.24) is 5.32 Å². The van der Waals surface area contributed by atoms with Gasteiger partial charge in [0.1, 0.15) is 0 Å². The fraction of sp³-hybridized carbons (Fsp3) is 0.500. The zero-order valence-corrected chi connectivity index (χ0v) is 11.8. The van der Waals surface area contributed by atoms with E-state index >= 15 is 0 Å². The van der Waals surface area contributed by atoms with E-state index < -0.39 is 0 Å². The number of carbonyl (C=O) groups is 2. The number of fused-ring (bicyclic) bond motifs is 1. The summed E-state index contributed by atoms with van der Waals surface area (Å²) in [6.45, 7) is 6.91. The number of benzene rings is 1. The first-order chi connectivity index (χ1) is 9.00. The maximum atomic E-state index is 12.2. The molecule has 1 aromatic rings. The van der Waals surface area contributed by atoms with Crippen LogP contribution < -0.4 is 5.32 Å². The summed E-state index contributed by atoms with van der Waals surface area (Å²) in [5.41, 5.74) is 2.69. The summed E-state index contributed by atoms with van der Waals surface area (Å²) < 4.78 is 0. The minimum absolute atomic E-state index is 0.0120. The van der Waals surface area contributed by atoms with Crippen LogP contribution in [0.4, 0.5) is 0 Å². The molecule has 0 fully saturated rings. The lowest BCUT2D eigenvalue weighted by Gasteiger charge is -2.14. The van der Waals surface area contributed by atoms with E-state index in [-0.39, 0.29) is 17.6 Å². The molecule has 0 bridgehead atoms. The molecular formula is C16H21NO2. The highest BCUT2D eigenvalue weighted by molar-refractivity contribution is 6.07. The van der Waals surface area contributed by atoms with Crippen LogP contribution in [0, 0.1) is 12.8 Å². The molecule has 1 aromatic carbocycles. The molecule has 1 N–H and O–H groups in total. The Labute approximate surface area is 114 Å². The van der Waals surface area contributed by atoms with Gasteiger partial charge in [0, 0.05) is 18.5 Å². The number of hydrogen-bond donors (Lipinski definition) is 1. The molecule has 1 amide bonds. The average molecular weight is 259 g/mol. The van der Waals surface area contributed by atoms with Gasteiger partial charge in [0.2, 0.25) is 5.91 Å². The van der Waals surface area contributed by atoms with Crippen LogP contribution in [0.2, 0.25) is 0 Å². The van der Waals surface area contributed by atoms with Gasteiger partial charge in [0.05, 0.1) is 5.92 Å². The van der Waals surface area contributed by atoms with Crippen molar-refractivity contribution in [2.75, 3.05) is 6.54 Å². The molecule has 102 valence electrons. The van der Waals surface area contributed by atoms with Gasteiger partial charge in [-0.25, -0.2) is 0 Å². The minimum atomic E-state index is -0.295. The number of ketones is 1. The number of aryl methyl sites for hydroxylation is 1. The van der Waals surface area contributed by atoms with E-state index in [1.54, 1.807) is 0 Å². The van der Waals surface area contributed by atoms with Gasteiger partial charge in [-0.3, -0.25) is 9.59 Å². The zero-order chi connectivity index (χ0) is 14.0. The Morgan fingerprint density at radius 3 is 2.84 bits per heavy atom. The maximum Gasteiger partial charge on any atom is 0.228 e. The topological polar surface area (TPSA) is 46.2 Å². The molecule has 3 nitrogen and oxygen atoms in total. The minimum Gasteiger partial charge on any atom is -0.356 e. The van der Waals surface area contributed by atoms with Gasteiger partial charge in [0.15, 0.2) is 5.78 Å². The highest BCUT2D eigenvalue weighted by atomic mass is 16.2. The third-order valence-corrected chi connectivity index (χ3v) is 3.70. The van der Waals surface area contributed by atoms with Crippen LogP contribution in [-0.2, 0) is 4.79 Å². The van der Waals surface area contributed by atoms with E-state index in [0.717, 1.165) is 23.1 Å². The standard InChI is InChI=1S/C16H21NO2/c1-10(2)7-8-17-16(19)13-9-14(18)12-6-4-5-11(3)15(12)13/h4-6,10,13H,7-9H2,1-3H3,(H,17,19). The van der Waals surface area contributed by atoms with E-state index in [9.17, 15) is 9.59 Å². The lowest BCUT2D eigenvalue weighted by Crippen LogP contribution is -2.30. The molecular weight excluding hydrogens is 238 g/mol. The summed E-state index contributed by atoms with van der Waals surface area (Å²) in [5.74, 6) is 0.347. The van der Waals surface area contributed by atoms with Gasteiger partial charge in [-0.15, -0.1) is 0 Å². The lowest BCUT2D eigenvalue weighted by atomic mass is 9.96. The molecule has 0 aromatic heterocycles. The van der Waals surface area contributed by atoms with Gasteiger partial charge in [0.25, 0.3) is 0 Å². The van der Waals surface area contributed by atoms with Crippen LogP contribution in [0.15, 0.2) is 18.2 Å². The largest absolute Gasteiger partial charge is 0.356 e. The second kappa shape index (κ2) is 5.55. The number of nitrogens with one attached hydrogen (secondary N) is 1. The number of rotatable bonds is 4. The predicted molar refractivity (Wildman–Crippen MR) is 75.3 cm³/mol. The first-order valence-electron chi connectivity index (χ1n) is 6.91. The Morgan fingerprint density at radius 2 is 2.16 bits per heavy atom. The SMILES string of the molecule is Cc1cccc2c1C(C(=O)NCCC(C)C)CC2=O. The smallest absolute Gasteiger partial charge is 0.228 e. The Morgan fingerprint density at radius 1 is 1.42 bits per heavy atom. The van der Waals surface area contributed by atoms with Crippen LogP contribution >= 0.6 is 0 Å². The van der Waals surface area contributed by atoms with Crippen LogP contribution in [0.1, 0.15) is 54.1 Å². The van der Waals surface area contributed by atoms with Crippen molar-refractivity contribution in [2.45, 2.75) is 39.5 Å². The first-order valence-corrected chi connectivity index (χ1v) is 6.91. The van der Waals surface area contributed by atoms with Crippen molar-refractivity contribution in [3.8, 4) is 0 Å². The second-order valence-electron chi connectivity index (χ2n) is 5.69. The van der Waals surface area contributed by atoms with Crippen molar-refractivity contribution in [3.05, 3.63) is 34.9 Å². The number of hydrogen-bond acceptors (Lipinski definition) is 2. The lowest BCUT2D eigenvalue weighted by molar-refractivity contribution is -0.122. The van der Waals surface area contributed by atoms with E-state index in [2.05, 4.69) is 19.2 Å². The fourth-order valence-electron chi connectivity index (χ4n) is 2.61. The number of carbonyl (C=O) groups excluding carboxylic acids is 2. The zero-order valence-electron chi connectivity index (χ0n) is 11.8. The van der Waals surface area contributed by atoms with Crippen LogP contribution in [-0.4, -0.2) is 18.2 Å². The molecule has 3 heteroatoms. The van der Waals surface area contributed by atoms with Crippen LogP contribution in [0.5, 0.6) is 0 Å². The Kier molecular flexibility index (Phi) is 4.03. The molecule has 1 atom stereocenters. The number of amides is 1. The van der Waals surface area contributed by atoms with Crippen molar-refractivity contribution >= 4 is 11.7 Å². The van der Waals surface area contributed by atoms with Crippen molar-refractivity contribution in [1.29, 1.82) is 0 Å². The molecule has 0 aliphatic heterocycles. The molecule has 1 aliphatic rings. The molecule has 19 heavy (non-hydrogen) atoms. The van der Waals surface area contributed by atoms with E-state index in [4.69, 9.17) is 0 Å². The van der Waals surface area contributed by atoms with Crippen molar-refractivity contribution < 1.29 is 9.59 Å². The predicted octanol–water partition coefficient (Wildman–Crippen LogP) is 2.83. The van der Waals surface area contributed by atoms with E-state index in [1.807, 2.05) is 25.1 Å². The summed E-state index contributed by atoms with van der Waals surface area (Å²) >= 11 is 0. The monoisotopic (exact) mass is 259 g/mol. The third kappa shape index (κ3) is 2.86. The maximum absolute atomic E-state index is 12.2. The molecule has 0 radical (unpaired) electrons. The Hall–Kier alpha value is -1.64. The van der Waals surface area contributed by atoms with Crippen LogP contribution in [0.3, 0.4) is 0 Å². The van der Waals surface area contributed by atoms with E-state index in [0.29, 0.717) is 18.9 Å². The van der Waals surface area contributed by atoms with Crippen molar-refractivity contribution in [2.24, 2.45) is 5.92 Å². The van der Waals surface area contributed by atoms with Gasteiger partial charge < -0.3 is 5.32 Å². The normalized spacial score (nSPS) is 17.7. The molecule has 0 spiro atoms. The second-order valence-corrected chi connectivity index (χ2v) is 5.69. The van der Waals surface area contributed by atoms with E-state index in [1.165, 1.54) is 0 Å². The third-order valence-electron chi connectivity index (χ3n) is 3.70. The summed E-state index contributed by atoms with van der Waals surface area (Å²) in [4.78, 5) is 24.2. The fourth-order valence-corrected chi connectivity index (χ4v) is 2.61. The molecule has 1 aliphatic carbocycles. The highest BCUT2D eigenvalue weighted by Crippen LogP contribution is 2.35. The van der Waals surface area contributed by atoms with Gasteiger partial charge >= 0.3 is 0 Å². The van der Waals surface area contributed by atoms with Crippen molar-refractivity contribution in [3.63, 3.8) is 0 Å². The molecule has 1 unspecified atom stereocenters. The molecule has 2 rings (SSSR count). The van der Waals surface area contributed by atoms with Gasteiger partial charge in [-0.05, 0) is 30.4 Å². The van der Waals surface area contributed by atoms with Gasteiger partial charge in [-0.1, -0.05) is 32.0 Å². The summed E-state index contributed by atoms with van der Waals surface area (Å²) in [6.07, 6.45) is 1.28. The average Bonchev–Trinajstić information content (AvgIpc) is 2.68. The first kappa shape index (κ1) is 13.8. The Balaban J connectivity index is 2.12. The summed E-state index contributed by atoms with van der Waals surface area (Å²) in [7, 11) is 0. The Bertz CT molecular complexity index is 505.